The summed E-state index contributed by atoms with van der Waals surface area (Å²) in [6.45, 7) is 11.5. The number of rotatable bonds is 60. The molecule has 0 heterocycles. The first kappa shape index (κ1) is 70.4. The van der Waals surface area contributed by atoms with Crippen molar-refractivity contribution in [2.24, 2.45) is 11.8 Å². The molecule has 0 spiro atoms. The zero-order chi connectivity index (χ0) is 52.5. The van der Waals surface area contributed by atoms with Crippen LogP contribution in [0.4, 0.5) is 0 Å². The molecule has 0 aliphatic rings. The third-order valence-corrected chi connectivity index (χ3v) is 15.2. The first-order valence-corrected chi connectivity index (χ1v) is 32.7. The smallest absolute Gasteiger partial charge is 0.306 e. The summed E-state index contributed by atoms with van der Waals surface area (Å²) in [4.78, 5) is 38.4. The van der Waals surface area contributed by atoms with Gasteiger partial charge in [-0.05, 0) is 31.1 Å². The van der Waals surface area contributed by atoms with Crippen LogP contribution in [0, 0.1) is 11.8 Å². The number of hydrogen-bond donors (Lipinski definition) is 0. The third kappa shape index (κ3) is 59.3. The molecule has 1 atom stereocenters. The SMILES string of the molecule is CCCCCCCCCCCCCCCCCCCCC(=O)OC[C@H](COC(=O)CCCCCCCCCCCCCCCCC(C)C)OC(=O)CCCCCCCCCCCCCCCCCCC(C)C. The quantitative estimate of drug-likeness (QED) is 0.0343. The van der Waals surface area contributed by atoms with Crippen LogP contribution in [-0.2, 0) is 28.6 Å². The van der Waals surface area contributed by atoms with E-state index in [0.29, 0.717) is 19.3 Å². The van der Waals surface area contributed by atoms with Gasteiger partial charge in [-0.15, -0.1) is 0 Å². The van der Waals surface area contributed by atoms with E-state index in [2.05, 4.69) is 34.6 Å². The molecule has 0 aromatic carbocycles. The Morgan fingerprint density at radius 2 is 0.458 bits per heavy atom. The van der Waals surface area contributed by atoms with E-state index in [-0.39, 0.29) is 31.1 Å². The summed E-state index contributed by atoms with van der Waals surface area (Å²) in [5.41, 5.74) is 0. The lowest BCUT2D eigenvalue weighted by Gasteiger charge is -2.18. The summed E-state index contributed by atoms with van der Waals surface area (Å²) in [7, 11) is 0. The van der Waals surface area contributed by atoms with E-state index in [4.69, 9.17) is 14.2 Å². The fraction of sp³-hybridized carbons (Fsp3) is 0.955. The average molecular weight is 1020 g/mol. The van der Waals surface area contributed by atoms with Crippen LogP contribution in [0.5, 0.6) is 0 Å². The largest absolute Gasteiger partial charge is 0.462 e. The number of ether oxygens (including phenoxy) is 3. The molecule has 0 aromatic heterocycles. The van der Waals surface area contributed by atoms with Gasteiger partial charge in [0.2, 0.25) is 0 Å². The lowest BCUT2D eigenvalue weighted by atomic mass is 10.0. The molecule has 0 saturated heterocycles. The van der Waals surface area contributed by atoms with Crippen LogP contribution in [0.3, 0.4) is 0 Å². The van der Waals surface area contributed by atoms with Crippen molar-refractivity contribution in [1.82, 2.24) is 0 Å². The van der Waals surface area contributed by atoms with Crippen molar-refractivity contribution in [3.63, 3.8) is 0 Å². The lowest BCUT2D eigenvalue weighted by Crippen LogP contribution is -2.30. The number of esters is 3. The molecule has 0 radical (unpaired) electrons. The Balaban J connectivity index is 4.29. The summed E-state index contributed by atoms with van der Waals surface area (Å²) in [5, 5.41) is 0. The predicted molar refractivity (Wildman–Crippen MR) is 312 cm³/mol. The molecule has 428 valence electrons. The van der Waals surface area contributed by atoms with Gasteiger partial charge in [0.15, 0.2) is 6.10 Å². The fourth-order valence-electron chi connectivity index (χ4n) is 10.3. The van der Waals surface area contributed by atoms with E-state index in [9.17, 15) is 14.4 Å². The Morgan fingerprint density at radius 3 is 0.681 bits per heavy atom. The van der Waals surface area contributed by atoms with Crippen molar-refractivity contribution in [1.29, 1.82) is 0 Å². The summed E-state index contributed by atoms with van der Waals surface area (Å²) in [5.74, 6) is 0.868. The number of carbonyl (C=O) groups is 3. The molecule has 0 bridgehead atoms. The molecule has 0 rings (SSSR count). The van der Waals surface area contributed by atoms with Gasteiger partial charge in [-0.25, -0.2) is 0 Å². The maximum absolute atomic E-state index is 12.9. The Bertz CT molecular complexity index is 1100. The minimum Gasteiger partial charge on any atom is -0.462 e. The van der Waals surface area contributed by atoms with Crippen molar-refractivity contribution in [2.75, 3.05) is 13.2 Å². The van der Waals surface area contributed by atoms with Crippen molar-refractivity contribution >= 4 is 17.9 Å². The zero-order valence-corrected chi connectivity index (χ0v) is 49.6. The van der Waals surface area contributed by atoms with Gasteiger partial charge in [0, 0.05) is 19.3 Å². The van der Waals surface area contributed by atoms with Gasteiger partial charge < -0.3 is 14.2 Å². The monoisotopic (exact) mass is 1020 g/mol. The highest BCUT2D eigenvalue weighted by Gasteiger charge is 2.19. The fourth-order valence-corrected chi connectivity index (χ4v) is 10.3. The minimum absolute atomic E-state index is 0.0616. The molecule has 0 aliphatic heterocycles. The van der Waals surface area contributed by atoms with Crippen LogP contribution in [0.15, 0.2) is 0 Å². The predicted octanol–water partition coefficient (Wildman–Crippen LogP) is 22.0. The number of unbranched alkanes of at least 4 members (excludes halogenated alkanes) is 45. The highest BCUT2D eigenvalue weighted by Crippen LogP contribution is 2.19. The van der Waals surface area contributed by atoms with Gasteiger partial charge in [-0.1, -0.05) is 336 Å². The molecule has 0 aromatic rings. The highest BCUT2D eigenvalue weighted by molar-refractivity contribution is 5.71. The first-order valence-electron chi connectivity index (χ1n) is 32.7. The van der Waals surface area contributed by atoms with Gasteiger partial charge in [-0.3, -0.25) is 14.4 Å². The average Bonchev–Trinajstić information content (AvgIpc) is 3.36. The van der Waals surface area contributed by atoms with Crippen LogP contribution in [0.1, 0.15) is 375 Å². The van der Waals surface area contributed by atoms with Crippen molar-refractivity contribution in [2.45, 2.75) is 381 Å². The molecule has 0 fully saturated rings. The second-order valence-electron chi connectivity index (χ2n) is 23.7. The second kappa shape index (κ2) is 58.7. The molecular weight excluding hydrogens is 889 g/mol. The lowest BCUT2D eigenvalue weighted by molar-refractivity contribution is -0.167. The maximum atomic E-state index is 12.9. The van der Waals surface area contributed by atoms with Crippen LogP contribution < -0.4 is 0 Å². The van der Waals surface area contributed by atoms with Gasteiger partial charge in [0.25, 0.3) is 0 Å². The van der Waals surface area contributed by atoms with E-state index in [1.165, 1.54) is 263 Å². The van der Waals surface area contributed by atoms with Gasteiger partial charge in [0.05, 0.1) is 0 Å². The molecule has 0 amide bonds. The molecule has 0 saturated carbocycles. The normalized spacial score (nSPS) is 12.0. The van der Waals surface area contributed by atoms with E-state index in [1.54, 1.807) is 0 Å². The van der Waals surface area contributed by atoms with Crippen LogP contribution >= 0.6 is 0 Å². The van der Waals surface area contributed by atoms with Crippen LogP contribution in [-0.4, -0.2) is 37.2 Å². The molecule has 0 unspecified atom stereocenters. The van der Waals surface area contributed by atoms with E-state index in [0.717, 1.165) is 69.6 Å². The molecule has 6 nitrogen and oxygen atoms in total. The summed E-state index contributed by atoms with van der Waals surface area (Å²) in [6.07, 6.45) is 65.3. The summed E-state index contributed by atoms with van der Waals surface area (Å²) < 4.78 is 17.0. The van der Waals surface area contributed by atoms with Gasteiger partial charge >= 0.3 is 17.9 Å². The Hall–Kier alpha value is -1.59. The maximum Gasteiger partial charge on any atom is 0.306 e. The molecule has 72 heavy (non-hydrogen) atoms. The van der Waals surface area contributed by atoms with Crippen molar-refractivity contribution < 1.29 is 28.6 Å². The first-order chi connectivity index (χ1) is 35.2. The molecule has 0 aliphatic carbocycles. The third-order valence-electron chi connectivity index (χ3n) is 15.2. The summed E-state index contributed by atoms with van der Waals surface area (Å²) >= 11 is 0. The zero-order valence-electron chi connectivity index (χ0n) is 49.6. The second-order valence-corrected chi connectivity index (χ2v) is 23.7. The Labute approximate surface area is 450 Å². The highest BCUT2D eigenvalue weighted by atomic mass is 16.6. The van der Waals surface area contributed by atoms with Crippen molar-refractivity contribution in [3.8, 4) is 0 Å². The number of hydrogen-bond acceptors (Lipinski definition) is 6. The topological polar surface area (TPSA) is 78.9 Å². The molecule has 6 heteroatoms. The van der Waals surface area contributed by atoms with Gasteiger partial charge in [0.1, 0.15) is 13.2 Å². The van der Waals surface area contributed by atoms with Crippen molar-refractivity contribution in [3.05, 3.63) is 0 Å². The van der Waals surface area contributed by atoms with E-state index >= 15 is 0 Å². The standard InChI is InChI=1S/C66H128O6/c1-6-7-8-9-10-11-12-13-14-15-16-20-26-31-36-41-46-51-56-64(67)70-59-63(60-71-65(68)57-52-47-42-37-32-27-23-22-25-30-35-40-45-50-55-62(4)5)72-66(69)58-53-48-43-38-33-28-21-18-17-19-24-29-34-39-44-49-54-61(2)3/h61-63H,6-60H2,1-5H3/t63-/m1/s1. The summed E-state index contributed by atoms with van der Waals surface area (Å²) in [6, 6.07) is 0. The number of carbonyl (C=O) groups excluding carboxylic acids is 3. The minimum atomic E-state index is -0.764. The molecule has 0 N–H and O–H groups in total. The van der Waals surface area contributed by atoms with Crippen LogP contribution in [0.2, 0.25) is 0 Å². The van der Waals surface area contributed by atoms with Crippen LogP contribution in [0.25, 0.3) is 0 Å². The van der Waals surface area contributed by atoms with E-state index in [1.807, 2.05) is 0 Å². The van der Waals surface area contributed by atoms with E-state index < -0.39 is 6.10 Å². The molecular formula is C66H128O6. The Morgan fingerprint density at radius 1 is 0.264 bits per heavy atom. The Kier molecular flexibility index (Phi) is 57.4. The van der Waals surface area contributed by atoms with Gasteiger partial charge in [-0.2, -0.15) is 0 Å².